The van der Waals surface area contributed by atoms with E-state index in [4.69, 9.17) is 4.98 Å². The molecule has 0 fully saturated rings. The Labute approximate surface area is 156 Å². The molecule has 0 unspecified atom stereocenters. The molecule has 5 heterocycles. The van der Waals surface area contributed by atoms with Gasteiger partial charge in [0.1, 0.15) is 5.65 Å². The quantitative estimate of drug-likeness (QED) is 0.466. The lowest BCUT2D eigenvalue weighted by Crippen LogP contribution is -1.89. The topological polar surface area (TPSA) is 56.0 Å². The lowest BCUT2D eigenvalue weighted by molar-refractivity contribution is 1.11. The minimum atomic E-state index is 0.756. The van der Waals surface area contributed by atoms with Gasteiger partial charge in [-0.3, -0.25) is 4.98 Å². The average Bonchev–Trinajstić information content (AvgIpc) is 3.02. The molecule has 0 N–H and O–H groups in total. The number of aromatic nitrogens is 5. The van der Waals surface area contributed by atoms with E-state index in [1.165, 1.54) is 0 Å². The highest BCUT2D eigenvalue weighted by molar-refractivity contribution is 5.92. The molecule has 5 aromatic heterocycles. The van der Waals surface area contributed by atoms with Gasteiger partial charge in [-0.1, -0.05) is 0 Å². The molecule has 5 rings (SSSR count). The fourth-order valence-electron chi connectivity index (χ4n) is 3.34. The van der Waals surface area contributed by atoms with Gasteiger partial charge in [-0.25, -0.2) is 15.0 Å². The van der Waals surface area contributed by atoms with Gasteiger partial charge in [0.15, 0.2) is 5.65 Å². The summed E-state index contributed by atoms with van der Waals surface area (Å²) in [4.78, 5) is 18.3. The van der Waals surface area contributed by atoms with Crippen molar-refractivity contribution in [2.24, 2.45) is 0 Å². The minimum absolute atomic E-state index is 0.756. The van der Waals surface area contributed by atoms with Crippen molar-refractivity contribution in [2.75, 3.05) is 0 Å². The van der Waals surface area contributed by atoms with Crippen LogP contribution in [-0.2, 0) is 0 Å². The van der Waals surface area contributed by atoms with E-state index in [2.05, 4.69) is 44.5 Å². The van der Waals surface area contributed by atoms with Gasteiger partial charge in [-0.05, 0) is 68.0 Å². The van der Waals surface area contributed by atoms with Crippen molar-refractivity contribution >= 4 is 39.7 Å². The van der Waals surface area contributed by atoms with Crippen LogP contribution in [0, 0.1) is 13.8 Å². The Bertz CT molecular complexity index is 1350. The molecule has 0 amide bonds. The summed E-state index contributed by atoms with van der Waals surface area (Å²) in [5, 5.41) is 2.10. The van der Waals surface area contributed by atoms with Crippen LogP contribution in [0.3, 0.4) is 0 Å². The van der Waals surface area contributed by atoms with E-state index in [1.54, 1.807) is 6.20 Å². The summed E-state index contributed by atoms with van der Waals surface area (Å²) in [6, 6.07) is 12.2. The van der Waals surface area contributed by atoms with E-state index < -0.39 is 0 Å². The normalized spacial score (nSPS) is 11.9. The zero-order chi connectivity index (χ0) is 18.4. The van der Waals surface area contributed by atoms with Crippen LogP contribution in [0.15, 0.2) is 55.0 Å². The highest BCUT2D eigenvalue weighted by Crippen LogP contribution is 2.22. The predicted molar refractivity (Wildman–Crippen MR) is 108 cm³/mol. The van der Waals surface area contributed by atoms with Crippen molar-refractivity contribution in [3.63, 3.8) is 0 Å². The fourth-order valence-corrected chi connectivity index (χ4v) is 3.34. The van der Waals surface area contributed by atoms with Crippen molar-refractivity contribution in [1.82, 2.24) is 24.3 Å². The Balaban J connectivity index is 1.58. The van der Waals surface area contributed by atoms with E-state index in [0.717, 1.165) is 50.2 Å². The van der Waals surface area contributed by atoms with Crippen LogP contribution in [0.25, 0.3) is 39.7 Å². The summed E-state index contributed by atoms with van der Waals surface area (Å²) < 4.78 is 2.10. The smallest absolute Gasteiger partial charge is 0.159 e. The molecule has 0 atom stereocenters. The molecule has 130 valence electrons. The van der Waals surface area contributed by atoms with E-state index in [-0.39, 0.29) is 0 Å². The fraction of sp³-hybridized carbons (Fsp3) is 0.0909. The first-order valence-corrected chi connectivity index (χ1v) is 8.83. The minimum Gasteiger partial charge on any atom is -0.303 e. The van der Waals surface area contributed by atoms with Crippen LogP contribution >= 0.6 is 0 Å². The Morgan fingerprint density at radius 3 is 2.81 bits per heavy atom. The molecule has 0 aliphatic carbocycles. The Kier molecular flexibility index (Phi) is 3.47. The van der Waals surface area contributed by atoms with E-state index in [1.807, 2.05) is 49.7 Å². The maximum absolute atomic E-state index is 4.82. The van der Waals surface area contributed by atoms with Crippen LogP contribution in [-0.4, -0.2) is 24.3 Å². The molecule has 5 heteroatoms. The standard InChI is InChI=1S/C22H17N5/c1-14-12-16-5-6-17(25-21(16)24-13-14)7-8-19-15(2)27-11-9-20-18(22(27)26-19)4-3-10-23-20/h3-13H,1-2H3/b8-7+. The zero-order valence-electron chi connectivity index (χ0n) is 15.1. The first-order valence-electron chi connectivity index (χ1n) is 8.83. The van der Waals surface area contributed by atoms with Crippen LogP contribution in [0.1, 0.15) is 22.6 Å². The third-order valence-corrected chi connectivity index (χ3v) is 4.76. The SMILES string of the molecule is Cc1cnc2nc(/C=C/c3nc4c5cccnc5ccn4c3C)ccc2c1. The molecule has 0 saturated heterocycles. The van der Waals surface area contributed by atoms with Gasteiger partial charge in [0.05, 0.1) is 16.9 Å². The van der Waals surface area contributed by atoms with Crippen molar-refractivity contribution in [1.29, 1.82) is 0 Å². The maximum atomic E-state index is 4.82. The lowest BCUT2D eigenvalue weighted by Gasteiger charge is -2.00. The summed E-state index contributed by atoms with van der Waals surface area (Å²) in [6.07, 6.45) is 9.65. The van der Waals surface area contributed by atoms with E-state index >= 15 is 0 Å². The van der Waals surface area contributed by atoms with Gasteiger partial charge in [-0.15, -0.1) is 0 Å². The summed E-state index contributed by atoms with van der Waals surface area (Å²) in [7, 11) is 0. The molecule has 0 aromatic carbocycles. The predicted octanol–water partition coefficient (Wildman–Crippen LogP) is 4.61. The zero-order valence-corrected chi connectivity index (χ0v) is 15.1. The number of pyridine rings is 4. The van der Waals surface area contributed by atoms with Crippen LogP contribution in [0.4, 0.5) is 0 Å². The molecule has 0 aliphatic rings. The number of imidazole rings is 1. The highest BCUT2D eigenvalue weighted by Gasteiger charge is 2.09. The van der Waals surface area contributed by atoms with E-state index in [0.29, 0.717) is 0 Å². The van der Waals surface area contributed by atoms with Crippen LogP contribution in [0.2, 0.25) is 0 Å². The summed E-state index contributed by atoms with van der Waals surface area (Å²) >= 11 is 0. The van der Waals surface area contributed by atoms with Crippen molar-refractivity contribution in [2.45, 2.75) is 13.8 Å². The molecule has 5 nitrogen and oxygen atoms in total. The number of rotatable bonds is 2. The average molecular weight is 351 g/mol. The molecule has 0 bridgehead atoms. The number of nitrogens with zero attached hydrogens (tertiary/aromatic N) is 5. The number of fused-ring (bicyclic) bond motifs is 4. The number of hydrogen-bond acceptors (Lipinski definition) is 4. The van der Waals surface area contributed by atoms with Crippen LogP contribution in [0.5, 0.6) is 0 Å². The summed E-state index contributed by atoms with van der Waals surface area (Å²) in [5.41, 5.74) is 6.62. The maximum Gasteiger partial charge on any atom is 0.159 e. The molecule has 0 spiro atoms. The molecule has 0 aliphatic heterocycles. The Morgan fingerprint density at radius 1 is 0.963 bits per heavy atom. The van der Waals surface area contributed by atoms with Crippen molar-refractivity contribution in [3.05, 3.63) is 77.6 Å². The van der Waals surface area contributed by atoms with E-state index in [9.17, 15) is 0 Å². The van der Waals surface area contributed by atoms with Crippen molar-refractivity contribution in [3.8, 4) is 0 Å². The van der Waals surface area contributed by atoms with Crippen molar-refractivity contribution < 1.29 is 0 Å². The Hall–Kier alpha value is -3.60. The second kappa shape index (κ2) is 5.99. The molecule has 0 saturated carbocycles. The molecule has 0 radical (unpaired) electrons. The second-order valence-electron chi connectivity index (χ2n) is 6.66. The van der Waals surface area contributed by atoms with Gasteiger partial charge in [-0.2, -0.15) is 0 Å². The molecular weight excluding hydrogens is 334 g/mol. The van der Waals surface area contributed by atoms with Gasteiger partial charge in [0.2, 0.25) is 0 Å². The molecule has 5 aromatic rings. The first-order chi connectivity index (χ1) is 13.2. The molecular formula is C22H17N5. The number of hydrogen-bond donors (Lipinski definition) is 0. The molecule has 27 heavy (non-hydrogen) atoms. The van der Waals surface area contributed by atoms with Gasteiger partial charge < -0.3 is 4.40 Å². The summed E-state index contributed by atoms with van der Waals surface area (Å²) in [5.74, 6) is 0. The monoisotopic (exact) mass is 351 g/mol. The largest absolute Gasteiger partial charge is 0.303 e. The first kappa shape index (κ1) is 15.6. The second-order valence-corrected chi connectivity index (χ2v) is 6.66. The van der Waals surface area contributed by atoms with Crippen LogP contribution < -0.4 is 0 Å². The van der Waals surface area contributed by atoms with Gasteiger partial charge in [0, 0.05) is 35.1 Å². The lowest BCUT2D eigenvalue weighted by atomic mass is 10.2. The number of aryl methyl sites for hydroxylation is 2. The highest BCUT2D eigenvalue weighted by atomic mass is 15.0. The third-order valence-electron chi connectivity index (χ3n) is 4.76. The third kappa shape index (κ3) is 2.64. The summed E-state index contributed by atoms with van der Waals surface area (Å²) in [6.45, 7) is 4.10. The van der Waals surface area contributed by atoms with Gasteiger partial charge >= 0.3 is 0 Å². The van der Waals surface area contributed by atoms with Gasteiger partial charge in [0.25, 0.3) is 0 Å². The Morgan fingerprint density at radius 2 is 1.89 bits per heavy atom.